The van der Waals surface area contributed by atoms with Crippen LogP contribution in [0.1, 0.15) is 5.56 Å². The van der Waals surface area contributed by atoms with E-state index in [2.05, 4.69) is 10.5 Å². The van der Waals surface area contributed by atoms with Crippen LogP contribution in [-0.2, 0) is 0 Å². The molecule has 0 aliphatic carbocycles. The van der Waals surface area contributed by atoms with E-state index in [9.17, 15) is 4.39 Å². The van der Waals surface area contributed by atoms with Gasteiger partial charge < -0.3 is 0 Å². The SMILES string of the molecule is Fc1ccc(N/N=C/c2ccc(Cl)c(Cl)c2)cc1. The molecule has 2 rings (SSSR count). The highest BCUT2D eigenvalue weighted by Gasteiger charge is 1.97. The first-order valence-corrected chi connectivity index (χ1v) is 5.90. The number of nitrogens with zero attached hydrogens (tertiary/aromatic N) is 1. The fourth-order valence-electron chi connectivity index (χ4n) is 1.30. The number of benzene rings is 2. The zero-order valence-corrected chi connectivity index (χ0v) is 10.7. The Balaban J connectivity index is 2.02. The van der Waals surface area contributed by atoms with Gasteiger partial charge in [0.1, 0.15) is 5.82 Å². The van der Waals surface area contributed by atoms with E-state index in [1.54, 1.807) is 36.5 Å². The van der Waals surface area contributed by atoms with Gasteiger partial charge in [-0.25, -0.2) is 4.39 Å². The summed E-state index contributed by atoms with van der Waals surface area (Å²) in [7, 11) is 0. The first-order valence-electron chi connectivity index (χ1n) is 5.15. The lowest BCUT2D eigenvalue weighted by atomic mass is 10.2. The zero-order chi connectivity index (χ0) is 13.0. The maximum Gasteiger partial charge on any atom is 0.123 e. The van der Waals surface area contributed by atoms with Crippen molar-refractivity contribution in [1.82, 2.24) is 0 Å². The minimum Gasteiger partial charge on any atom is -0.279 e. The van der Waals surface area contributed by atoms with Gasteiger partial charge in [0.15, 0.2) is 0 Å². The Morgan fingerprint density at radius 1 is 1.00 bits per heavy atom. The second kappa shape index (κ2) is 5.85. The molecule has 0 saturated carbocycles. The summed E-state index contributed by atoms with van der Waals surface area (Å²) in [4.78, 5) is 0. The molecule has 0 saturated heterocycles. The zero-order valence-electron chi connectivity index (χ0n) is 9.20. The highest BCUT2D eigenvalue weighted by atomic mass is 35.5. The molecule has 0 bridgehead atoms. The molecule has 0 radical (unpaired) electrons. The first kappa shape index (κ1) is 12.9. The van der Waals surface area contributed by atoms with Crippen LogP contribution in [0.25, 0.3) is 0 Å². The molecule has 1 N–H and O–H groups in total. The van der Waals surface area contributed by atoms with Crippen molar-refractivity contribution in [2.45, 2.75) is 0 Å². The van der Waals surface area contributed by atoms with Crippen molar-refractivity contribution in [2.24, 2.45) is 5.10 Å². The van der Waals surface area contributed by atoms with Crippen molar-refractivity contribution in [3.63, 3.8) is 0 Å². The van der Waals surface area contributed by atoms with E-state index in [0.717, 1.165) is 5.56 Å². The highest BCUT2D eigenvalue weighted by Crippen LogP contribution is 2.21. The molecule has 0 aliphatic heterocycles. The average molecular weight is 283 g/mol. The maximum absolute atomic E-state index is 12.7. The van der Waals surface area contributed by atoms with Gasteiger partial charge in [-0.15, -0.1) is 0 Å². The van der Waals surface area contributed by atoms with Crippen LogP contribution in [0.4, 0.5) is 10.1 Å². The fraction of sp³-hybridized carbons (Fsp3) is 0. The van der Waals surface area contributed by atoms with Crippen LogP contribution in [0.2, 0.25) is 10.0 Å². The van der Waals surface area contributed by atoms with Crippen LogP contribution < -0.4 is 5.43 Å². The van der Waals surface area contributed by atoms with Crippen LogP contribution in [0.15, 0.2) is 47.6 Å². The fourth-order valence-corrected chi connectivity index (χ4v) is 1.60. The Morgan fingerprint density at radius 2 is 1.72 bits per heavy atom. The first-order chi connectivity index (χ1) is 8.65. The third-order valence-electron chi connectivity index (χ3n) is 2.20. The van der Waals surface area contributed by atoms with Crippen LogP contribution >= 0.6 is 23.2 Å². The maximum atomic E-state index is 12.7. The smallest absolute Gasteiger partial charge is 0.123 e. The quantitative estimate of drug-likeness (QED) is 0.647. The van der Waals surface area contributed by atoms with Crippen LogP contribution in [0.3, 0.4) is 0 Å². The number of hydrazone groups is 1. The summed E-state index contributed by atoms with van der Waals surface area (Å²) in [5.74, 6) is -0.283. The molecule has 0 unspecified atom stereocenters. The van der Waals surface area contributed by atoms with Crippen molar-refractivity contribution in [3.05, 3.63) is 63.9 Å². The topological polar surface area (TPSA) is 24.4 Å². The normalized spacial score (nSPS) is 10.8. The number of anilines is 1. The van der Waals surface area contributed by atoms with Crippen LogP contribution in [-0.4, -0.2) is 6.21 Å². The lowest BCUT2D eigenvalue weighted by Crippen LogP contribution is -1.90. The Morgan fingerprint density at radius 3 is 2.39 bits per heavy atom. The van der Waals surface area contributed by atoms with E-state index in [1.165, 1.54) is 12.1 Å². The predicted octanol–water partition coefficient (Wildman–Crippen LogP) is 4.58. The molecule has 5 heteroatoms. The number of halogens is 3. The number of rotatable bonds is 3. The van der Waals surface area contributed by atoms with Crippen LogP contribution in [0.5, 0.6) is 0 Å². The minimum atomic E-state index is -0.283. The summed E-state index contributed by atoms with van der Waals surface area (Å²) in [6.45, 7) is 0. The minimum absolute atomic E-state index is 0.283. The third kappa shape index (κ3) is 3.45. The number of nitrogens with one attached hydrogen (secondary N) is 1. The summed E-state index contributed by atoms with van der Waals surface area (Å²) in [6.07, 6.45) is 1.60. The molecular weight excluding hydrogens is 274 g/mol. The molecule has 0 aliphatic rings. The van der Waals surface area contributed by atoms with Gasteiger partial charge in [0.2, 0.25) is 0 Å². The summed E-state index contributed by atoms with van der Waals surface area (Å²) in [5.41, 5.74) is 4.30. The molecular formula is C13H9Cl2FN2. The van der Waals surface area contributed by atoms with E-state index in [4.69, 9.17) is 23.2 Å². The molecule has 0 heterocycles. The molecule has 0 fully saturated rings. The molecule has 0 aromatic heterocycles. The van der Waals surface area contributed by atoms with Crippen LogP contribution in [0, 0.1) is 5.82 Å². The second-order valence-corrected chi connectivity index (χ2v) is 4.36. The molecule has 2 nitrogen and oxygen atoms in total. The van der Waals surface area contributed by atoms with Gasteiger partial charge >= 0.3 is 0 Å². The van der Waals surface area contributed by atoms with Crippen molar-refractivity contribution >= 4 is 35.1 Å². The largest absolute Gasteiger partial charge is 0.279 e. The Kier molecular flexibility index (Phi) is 4.18. The van der Waals surface area contributed by atoms with Gasteiger partial charge in [-0.2, -0.15) is 5.10 Å². The molecule has 0 atom stereocenters. The lowest BCUT2D eigenvalue weighted by molar-refractivity contribution is 0.628. The van der Waals surface area contributed by atoms with E-state index in [1.807, 2.05) is 0 Å². The van der Waals surface area contributed by atoms with E-state index in [-0.39, 0.29) is 5.82 Å². The van der Waals surface area contributed by atoms with Gasteiger partial charge in [0, 0.05) is 0 Å². The number of hydrogen-bond acceptors (Lipinski definition) is 2. The molecule has 92 valence electrons. The molecule has 0 spiro atoms. The standard InChI is InChI=1S/C13H9Cl2FN2/c14-12-6-1-9(7-13(12)15)8-17-18-11-4-2-10(16)3-5-11/h1-8,18H/b17-8+. The highest BCUT2D eigenvalue weighted by molar-refractivity contribution is 6.42. The third-order valence-corrected chi connectivity index (χ3v) is 2.93. The van der Waals surface area contributed by atoms with Gasteiger partial charge in [-0.1, -0.05) is 29.3 Å². The van der Waals surface area contributed by atoms with Gasteiger partial charge in [0.05, 0.1) is 21.9 Å². The van der Waals surface area contributed by atoms with E-state index >= 15 is 0 Å². The average Bonchev–Trinajstić information content (AvgIpc) is 2.36. The molecule has 18 heavy (non-hydrogen) atoms. The Bertz CT molecular complexity index is 568. The summed E-state index contributed by atoms with van der Waals surface area (Å²) in [6, 6.07) is 11.1. The lowest BCUT2D eigenvalue weighted by Gasteiger charge is -2.00. The Hall–Kier alpha value is -1.58. The summed E-state index contributed by atoms with van der Waals surface area (Å²) >= 11 is 11.7. The van der Waals surface area contributed by atoms with Crippen molar-refractivity contribution in [1.29, 1.82) is 0 Å². The molecule has 2 aromatic carbocycles. The van der Waals surface area contributed by atoms with Crippen molar-refractivity contribution < 1.29 is 4.39 Å². The Labute approximate surface area is 114 Å². The van der Waals surface area contributed by atoms with Gasteiger partial charge in [-0.05, 0) is 42.0 Å². The van der Waals surface area contributed by atoms with Gasteiger partial charge in [-0.3, -0.25) is 5.43 Å². The summed E-state index contributed by atoms with van der Waals surface area (Å²) < 4.78 is 12.7. The van der Waals surface area contributed by atoms with Gasteiger partial charge in [0.25, 0.3) is 0 Å². The van der Waals surface area contributed by atoms with Crippen molar-refractivity contribution in [2.75, 3.05) is 5.43 Å². The van der Waals surface area contributed by atoms with E-state index < -0.39 is 0 Å². The monoisotopic (exact) mass is 282 g/mol. The number of hydrogen-bond donors (Lipinski definition) is 1. The predicted molar refractivity (Wildman–Crippen MR) is 74.1 cm³/mol. The summed E-state index contributed by atoms with van der Waals surface area (Å²) in [5, 5.41) is 4.99. The van der Waals surface area contributed by atoms with E-state index in [0.29, 0.717) is 15.7 Å². The van der Waals surface area contributed by atoms with Crippen molar-refractivity contribution in [3.8, 4) is 0 Å². The molecule has 2 aromatic rings. The second-order valence-electron chi connectivity index (χ2n) is 3.55. The molecule has 0 amide bonds.